The van der Waals surface area contributed by atoms with Crippen LogP contribution in [0.25, 0.3) is 0 Å². The lowest BCUT2D eigenvalue weighted by Crippen LogP contribution is -2.44. The highest BCUT2D eigenvalue weighted by molar-refractivity contribution is 7.53. The van der Waals surface area contributed by atoms with E-state index in [0.29, 0.717) is 38.3 Å². The van der Waals surface area contributed by atoms with Gasteiger partial charge in [-0.15, -0.1) is 0 Å². The summed E-state index contributed by atoms with van der Waals surface area (Å²) in [4.78, 5) is 28.1. The fourth-order valence-corrected chi connectivity index (χ4v) is 7.44. The van der Waals surface area contributed by atoms with Gasteiger partial charge in [0.15, 0.2) is 12.6 Å². The summed E-state index contributed by atoms with van der Waals surface area (Å²) in [5.74, 6) is 0.712. The van der Waals surface area contributed by atoms with Gasteiger partial charge < -0.3 is 42.9 Å². The highest BCUT2D eigenvalue weighted by atomic mass is 31.2. The van der Waals surface area contributed by atoms with Crippen molar-refractivity contribution in [1.82, 2.24) is 10.2 Å². The minimum atomic E-state index is -3.68. The van der Waals surface area contributed by atoms with Crippen molar-refractivity contribution in [1.29, 1.82) is 0 Å². The number of nitrogens with one attached hydrogen (secondary N) is 1. The predicted octanol–water partition coefficient (Wildman–Crippen LogP) is 8.33. The van der Waals surface area contributed by atoms with E-state index in [4.69, 9.17) is 32.7 Å². The second kappa shape index (κ2) is 19.6. The Kier molecular flexibility index (Phi) is 15.0. The van der Waals surface area contributed by atoms with Crippen molar-refractivity contribution in [3.05, 3.63) is 102 Å². The molecular formula is C41H55N2O10P. The minimum Gasteiger partial charge on any atom is -0.481 e. The van der Waals surface area contributed by atoms with Gasteiger partial charge in [0.05, 0.1) is 32.3 Å². The number of carbonyl (C=O) groups is 2. The molecule has 54 heavy (non-hydrogen) atoms. The van der Waals surface area contributed by atoms with Crippen LogP contribution < -0.4 is 10.1 Å². The number of amides is 2. The summed E-state index contributed by atoms with van der Waals surface area (Å²) >= 11 is 0. The molecule has 1 N–H and O–H groups in total. The summed E-state index contributed by atoms with van der Waals surface area (Å²) in [6.45, 7) is 11.6. The molecule has 2 heterocycles. The van der Waals surface area contributed by atoms with Gasteiger partial charge in [-0.1, -0.05) is 86.6 Å². The number of nitrogens with zero attached hydrogens (tertiary/aromatic N) is 1. The average Bonchev–Trinajstić information content (AvgIpc) is 3.77. The lowest BCUT2D eigenvalue weighted by Gasteiger charge is -2.30. The maximum atomic E-state index is 13.9. The first-order valence-corrected chi connectivity index (χ1v) is 20.4. The quantitative estimate of drug-likeness (QED) is 0.126. The van der Waals surface area contributed by atoms with Gasteiger partial charge >= 0.3 is 19.8 Å². The first-order chi connectivity index (χ1) is 25.8. The summed E-state index contributed by atoms with van der Waals surface area (Å²) in [5.41, 5.74) is 2.00. The molecule has 1 unspecified atom stereocenters. The summed E-state index contributed by atoms with van der Waals surface area (Å²) in [6.07, 6.45) is -0.270. The Balaban J connectivity index is 1.23. The molecule has 0 spiro atoms. The molecular weight excluding hydrogens is 711 g/mol. The Morgan fingerprint density at radius 1 is 0.889 bits per heavy atom. The molecule has 2 aliphatic rings. The molecule has 3 aromatic rings. The van der Waals surface area contributed by atoms with E-state index in [0.717, 1.165) is 23.1 Å². The summed E-state index contributed by atoms with van der Waals surface area (Å²) in [7, 11) is -3.68. The fourth-order valence-electron chi connectivity index (χ4n) is 6.21. The van der Waals surface area contributed by atoms with Crippen LogP contribution in [0.2, 0.25) is 0 Å². The maximum Gasteiger partial charge on any atom is 0.410 e. The van der Waals surface area contributed by atoms with Crippen molar-refractivity contribution in [2.45, 2.75) is 91.1 Å². The second-order valence-electron chi connectivity index (χ2n) is 15.2. The molecule has 0 aromatic heterocycles. The fraction of sp³-hybridized carbons (Fsp3) is 0.512. The zero-order chi connectivity index (χ0) is 38.6. The molecule has 0 bridgehead atoms. The monoisotopic (exact) mass is 766 g/mol. The van der Waals surface area contributed by atoms with Gasteiger partial charge in [-0.05, 0) is 74.8 Å². The van der Waals surface area contributed by atoms with E-state index >= 15 is 0 Å². The van der Waals surface area contributed by atoms with E-state index in [1.807, 2.05) is 107 Å². The molecule has 0 saturated carbocycles. The third kappa shape index (κ3) is 13.4. The molecule has 0 aliphatic carbocycles. The number of rotatable bonds is 18. The number of benzene rings is 3. The molecule has 2 saturated heterocycles. The van der Waals surface area contributed by atoms with Crippen LogP contribution in [0.1, 0.15) is 64.2 Å². The van der Waals surface area contributed by atoms with Crippen molar-refractivity contribution < 1.29 is 46.9 Å². The van der Waals surface area contributed by atoms with Crippen LogP contribution in [0.5, 0.6) is 5.75 Å². The smallest absolute Gasteiger partial charge is 0.410 e. The van der Waals surface area contributed by atoms with E-state index in [-0.39, 0.29) is 50.3 Å². The summed E-state index contributed by atoms with van der Waals surface area (Å²) < 4.78 is 54.3. The largest absolute Gasteiger partial charge is 0.481 e. The van der Waals surface area contributed by atoms with Crippen molar-refractivity contribution >= 4 is 19.8 Å². The van der Waals surface area contributed by atoms with Crippen LogP contribution in [0.4, 0.5) is 9.59 Å². The first-order valence-electron chi connectivity index (χ1n) is 18.7. The van der Waals surface area contributed by atoms with Gasteiger partial charge in [0.25, 0.3) is 0 Å². The third-order valence-electron chi connectivity index (χ3n) is 8.89. The average molecular weight is 767 g/mol. The zero-order valence-corrected chi connectivity index (χ0v) is 32.9. The lowest BCUT2D eigenvalue weighted by atomic mass is 10.0. The van der Waals surface area contributed by atoms with Crippen LogP contribution in [0.3, 0.4) is 0 Å². The van der Waals surface area contributed by atoms with Crippen molar-refractivity contribution in [2.75, 3.05) is 32.7 Å². The van der Waals surface area contributed by atoms with Gasteiger partial charge in [0, 0.05) is 19.1 Å². The van der Waals surface area contributed by atoms with Crippen molar-refractivity contribution in [3.8, 4) is 5.75 Å². The standard InChI is InChI=1S/C41H55N2O10P/c1-30(2)25-43(40(45)53-41(3,4)5)22-20-34(42-39(44)52-37-28-48-38-36(37)21-23-47-38)24-31-16-18-35(19-17-31)49-29-54(46,50-26-32-12-8-6-9-13-32)51-27-33-14-10-7-11-15-33/h6-19,30,34,36-38H,20-29H2,1-5H3,(H,42,44)/t34-,36+,37?,38-/m1/s1. The molecule has 2 amide bonds. The van der Waals surface area contributed by atoms with Crippen molar-refractivity contribution in [3.63, 3.8) is 0 Å². The SMILES string of the molecule is CC(C)CN(CC[C@H](Cc1ccc(OCP(=O)(OCc2ccccc2)OCc2ccccc2)cc1)NC(=O)OC1CO[C@H]2OCC[C@@H]12)C(=O)OC(C)(C)C. The second-order valence-corrected chi connectivity index (χ2v) is 17.2. The van der Waals surface area contributed by atoms with E-state index < -0.39 is 31.5 Å². The van der Waals surface area contributed by atoms with Gasteiger partial charge in [0.2, 0.25) is 0 Å². The Morgan fingerprint density at radius 3 is 2.11 bits per heavy atom. The number of carbonyl (C=O) groups excluding carboxylic acids is 2. The number of hydrogen-bond acceptors (Lipinski definition) is 10. The van der Waals surface area contributed by atoms with E-state index in [1.54, 1.807) is 17.0 Å². The Bertz CT molecular complexity index is 1600. The number of alkyl carbamates (subject to hydrolysis) is 1. The molecule has 13 heteroatoms. The Labute approximate surface area is 319 Å². The normalized spacial score (nSPS) is 18.9. The number of hydrogen-bond donors (Lipinski definition) is 1. The molecule has 2 aliphatic heterocycles. The van der Waals surface area contributed by atoms with Gasteiger partial charge in [0.1, 0.15) is 17.5 Å². The van der Waals surface area contributed by atoms with Crippen LogP contribution in [0.15, 0.2) is 84.9 Å². The molecule has 5 rings (SSSR count). The van der Waals surface area contributed by atoms with Crippen LogP contribution in [-0.2, 0) is 52.2 Å². The van der Waals surface area contributed by atoms with Gasteiger partial charge in [-0.3, -0.25) is 4.57 Å². The van der Waals surface area contributed by atoms with Crippen molar-refractivity contribution in [2.24, 2.45) is 11.8 Å². The number of fused-ring (bicyclic) bond motifs is 1. The first kappa shape index (κ1) is 41.2. The highest BCUT2D eigenvalue weighted by Crippen LogP contribution is 2.49. The predicted molar refractivity (Wildman–Crippen MR) is 204 cm³/mol. The lowest BCUT2D eigenvalue weighted by molar-refractivity contribution is -0.0907. The molecule has 294 valence electrons. The summed E-state index contributed by atoms with van der Waals surface area (Å²) in [5, 5.41) is 3.05. The third-order valence-corrected chi connectivity index (χ3v) is 10.4. The van der Waals surface area contributed by atoms with Crippen LogP contribution in [-0.4, -0.2) is 73.8 Å². The molecule has 3 aromatic carbocycles. The molecule has 4 atom stereocenters. The van der Waals surface area contributed by atoms with E-state index in [2.05, 4.69) is 5.32 Å². The Hall–Kier alpha value is -3.93. The van der Waals surface area contributed by atoms with Crippen LogP contribution in [0, 0.1) is 11.8 Å². The van der Waals surface area contributed by atoms with Crippen LogP contribution >= 0.6 is 7.60 Å². The molecule has 0 radical (unpaired) electrons. The van der Waals surface area contributed by atoms with E-state index in [9.17, 15) is 14.2 Å². The van der Waals surface area contributed by atoms with Gasteiger partial charge in [-0.2, -0.15) is 0 Å². The molecule has 12 nitrogen and oxygen atoms in total. The summed E-state index contributed by atoms with van der Waals surface area (Å²) in [6, 6.07) is 25.9. The van der Waals surface area contributed by atoms with Gasteiger partial charge in [-0.25, -0.2) is 9.59 Å². The maximum absolute atomic E-state index is 13.9. The zero-order valence-electron chi connectivity index (χ0n) is 32.0. The topological polar surface area (TPSA) is 131 Å². The number of ether oxygens (including phenoxy) is 5. The Morgan fingerprint density at radius 2 is 1.52 bits per heavy atom. The highest BCUT2D eigenvalue weighted by Gasteiger charge is 2.44. The minimum absolute atomic E-state index is 0.0122. The van der Waals surface area contributed by atoms with E-state index in [1.165, 1.54) is 0 Å². The molecule has 2 fully saturated rings.